The minimum Gasteiger partial charge on any atom is -0.364 e. The Morgan fingerprint density at radius 3 is 2.45 bits per heavy atom. The first-order chi connectivity index (χ1) is 5.05. The van der Waals surface area contributed by atoms with E-state index < -0.39 is 0 Å². The lowest BCUT2D eigenvalue weighted by atomic mass is 10.0. The van der Waals surface area contributed by atoms with E-state index in [4.69, 9.17) is 4.74 Å². The van der Waals surface area contributed by atoms with Crippen molar-refractivity contribution in [2.75, 3.05) is 13.3 Å². The molecule has 0 amide bonds. The van der Waals surface area contributed by atoms with Gasteiger partial charge in [0.25, 0.3) is 0 Å². The van der Waals surface area contributed by atoms with E-state index in [1.807, 2.05) is 0 Å². The van der Waals surface area contributed by atoms with Crippen molar-refractivity contribution in [1.82, 2.24) is 4.90 Å². The molecule has 0 bridgehead atoms. The second kappa shape index (κ2) is 3.11. The van der Waals surface area contributed by atoms with Crippen molar-refractivity contribution in [3.05, 3.63) is 0 Å². The Balaban J connectivity index is 2.57. The topological polar surface area (TPSA) is 12.5 Å². The number of hydrogen-bond donors (Lipinski definition) is 0. The molecule has 1 aliphatic heterocycles. The Morgan fingerprint density at radius 1 is 1.45 bits per heavy atom. The SMILES string of the molecule is CCC1COCN1C(C)(C)C. The molecule has 0 aromatic rings. The molecule has 2 nitrogen and oxygen atoms in total. The molecule has 11 heavy (non-hydrogen) atoms. The van der Waals surface area contributed by atoms with Crippen LogP contribution in [-0.2, 0) is 4.74 Å². The van der Waals surface area contributed by atoms with Crippen molar-refractivity contribution in [2.24, 2.45) is 0 Å². The maximum Gasteiger partial charge on any atom is 0.0998 e. The zero-order valence-electron chi connectivity index (χ0n) is 8.05. The Kier molecular flexibility index (Phi) is 2.55. The van der Waals surface area contributed by atoms with E-state index >= 15 is 0 Å². The predicted octanol–water partition coefficient (Wildman–Crippen LogP) is 1.85. The van der Waals surface area contributed by atoms with Crippen LogP contribution in [0.1, 0.15) is 34.1 Å². The normalized spacial score (nSPS) is 27.8. The smallest absolute Gasteiger partial charge is 0.0998 e. The van der Waals surface area contributed by atoms with Gasteiger partial charge >= 0.3 is 0 Å². The highest BCUT2D eigenvalue weighted by atomic mass is 16.5. The number of nitrogens with zero attached hydrogens (tertiary/aromatic N) is 1. The maximum atomic E-state index is 5.41. The third-order valence-corrected chi connectivity index (χ3v) is 2.31. The van der Waals surface area contributed by atoms with E-state index in [1.165, 1.54) is 6.42 Å². The monoisotopic (exact) mass is 157 g/mol. The molecule has 0 radical (unpaired) electrons. The molecular weight excluding hydrogens is 138 g/mol. The molecular formula is C9H19NO. The zero-order valence-corrected chi connectivity index (χ0v) is 8.05. The Bertz CT molecular complexity index is 128. The van der Waals surface area contributed by atoms with E-state index in [-0.39, 0.29) is 5.54 Å². The molecule has 0 aromatic carbocycles. The van der Waals surface area contributed by atoms with Crippen molar-refractivity contribution in [2.45, 2.75) is 45.7 Å². The van der Waals surface area contributed by atoms with Crippen molar-refractivity contribution in [3.8, 4) is 0 Å². The van der Waals surface area contributed by atoms with Crippen LogP contribution in [0.15, 0.2) is 0 Å². The van der Waals surface area contributed by atoms with Gasteiger partial charge in [0.1, 0.15) is 0 Å². The number of hydrogen-bond acceptors (Lipinski definition) is 2. The zero-order chi connectivity index (χ0) is 8.48. The molecule has 1 unspecified atom stereocenters. The summed E-state index contributed by atoms with van der Waals surface area (Å²) in [5.41, 5.74) is 0.261. The van der Waals surface area contributed by atoms with Crippen LogP contribution in [0.2, 0.25) is 0 Å². The molecule has 1 atom stereocenters. The van der Waals surface area contributed by atoms with Crippen molar-refractivity contribution < 1.29 is 4.74 Å². The van der Waals surface area contributed by atoms with Gasteiger partial charge in [0, 0.05) is 11.6 Å². The highest BCUT2D eigenvalue weighted by Gasteiger charge is 2.32. The summed E-state index contributed by atoms with van der Waals surface area (Å²) in [5.74, 6) is 0. The molecule has 0 spiro atoms. The van der Waals surface area contributed by atoms with Crippen LogP contribution in [0.25, 0.3) is 0 Å². The van der Waals surface area contributed by atoms with Gasteiger partial charge in [0.05, 0.1) is 13.3 Å². The summed E-state index contributed by atoms with van der Waals surface area (Å²) in [4.78, 5) is 2.42. The van der Waals surface area contributed by atoms with Gasteiger partial charge < -0.3 is 4.74 Å². The number of rotatable bonds is 1. The Morgan fingerprint density at radius 2 is 2.09 bits per heavy atom. The molecule has 1 heterocycles. The summed E-state index contributed by atoms with van der Waals surface area (Å²) in [5, 5.41) is 0. The molecule has 0 aliphatic carbocycles. The predicted molar refractivity (Wildman–Crippen MR) is 46.5 cm³/mol. The van der Waals surface area contributed by atoms with E-state index in [9.17, 15) is 0 Å². The van der Waals surface area contributed by atoms with Gasteiger partial charge in [-0.05, 0) is 27.2 Å². The van der Waals surface area contributed by atoms with Crippen LogP contribution in [0, 0.1) is 0 Å². The van der Waals surface area contributed by atoms with Crippen LogP contribution >= 0.6 is 0 Å². The molecule has 1 rings (SSSR count). The number of ether oxygens (including phenoxy) is 1. The van der Waals surface area contributed by atoms with E-state index in [0.29, 0.717) is 6.04 Å². The average molecular weight is 157 g/mol. The van der Waals surface area contributed by atoms with Gasteiger partial charge in [-0.2, -0.15) is 0 Å². The first kappa shape index (κ1) is 9.01. The first-order valence-electron chi connectivity index (χ1n) is 4.40. The standard InChI is InChI=1S/C9H19NO/c1-5-8-6-11-7-10(8)9(2,3)4/h8H,5-7H2,1-4H3. The highest BCUT2D eigenvalue weighted by molar-refractivity contribution is 4.83. The maximum absolute atomic E-state index is 5.41. The Labute approximate surface area is 69.5 Å². The van der Waals surface area contributed by atoms with E-state index in [1.54, 1.807) is 0 Å². The fourth-order valence-electron chi connectivity index (χ4n) is 1.56. The molecule has 0 N–H and O–H groups in total. The van der Waals surface area contributed by atoms with Gasteiger partial charge in [-0.25, -0.2) is 0 Å². The summed E-state index contributed by atoms with van der Waals surface area (Å²) >= 11 is 0. The van der Waals surface area contributed by atoms with Gasteiger partial charge in [0.2, 0.25) is 0 Å². The van der Waals surface area contributed by atoms with Gasteiger partial charge in [-0.3, -0.25) is 4.90 Å². The van der Waals surface area contributed by atoms with Crippen LogP contribution in [0.5, 0.6) is 0 Å². The van der Waals surface area contributed by atoms with Crippen molar-refractivity contribution >= 4 is 0 Å². The molecule has 0 saturated carbocycles. The van der Waals surface area contributed by atoms with E-state index in [2.05, 4.69) is 32.6 Å². The van der Waals surface area contributed by atoms with Crippen molar-refractivity contribution in [3.63, 3.8) is 0 Å². The minimum atomic E-state index is 0.261. The van der Waals surface area contributed by atoms with Crippen LogP contribution in [0.3, 0.4) is 0 Å². The summed E-state index contributed by atoms with van der Waals surface area (Å²) < 4.78 is 5.41. The van der Waals surface area contributed by atoms with Crippen LogP contribution in [-0.4, -0.2) is 29.8 Å². The van der Waals surface area contributed by atoms with Crippen LogP contribution in [0.4, 0.5) is 0 Å². The van der Waals surface area contributed by atoms with Gasteiger partial charge in [-0.1, -0.05) is 6.92 Å². The largest absolute Gasteiger partial charge is 0.364 e. The molecule has 1 fully saturated rings. The molecule has 1 aliphatic rings. The molecule has 1 saturated heterocycles. The molecule has 0 aromatic heterocycles. The summed E-state index contributed by atoms with van der Waals surface area (Å²) in [6, 6.07) is 0.634. The summed E-state index contributed by atoms with van der Waals surface area (Å²) in [7, 11) is 0. The Hall–Kier alpha value is -0.0800. The molecule has 66 valence electrons. The fourth-order valence-corrected chi connectivity index (χ4v) is 1.56. The van der Waals surface area contributed by atoms with E-state index in [0.717, 1.165) is 13.3 Å². The lowest BCUT2D eigenvalue weighted by Crippen LogP contribution is -2.44. The summed E-state index contributed by atoms with van der Waals surface area (Å²) in [6.45, 7) is 10.7. The first-order valence-corrected chi connectivity index (χ1v) is 4.40. The van der Waals surface area contributed by atoms with Crippen LogP contribution < -0.4 is 0 Å². The fraction of sp³-hybridized carbons (Fsp3) is 1.00. The quantitative estimate of drug-likeness (QED) is 0.576. The third kappa shape index (κ3) is 1.94. The average Bonchev–Trinajstić information content (AvgIpc) is 2.31. The lowest BCUT2D eigenvalue weighted by molar-refractivity contribution is 0.0702. The second-order valence-corrected chi connectivity index (χ2v) is 4.20. The lowest BCUT2D eigenvalue weighted by Gasteiger charge is -2.34. The highest BCUT2D eigenvalue weighted by Crippen LogP contribution is 2.22. The minimum absolute atomic E-state index is 0.261. The van der Waals surface area contributed by atoms with Gasteiger partial charge in [-0.15, -0.1) is 0 Å². The van der Waals surface area contributed by atoms with Gasteiger partial charge in [0.15, 0.2) is 0 Å². The summed E-state index contributed by atoms with van der Waals surface area (Å²) in [6.07, 6.45) is 1.19. The third-order valence-electron chi connectivity index (χ3n) is 2.31. The molecule has 2 heteroatoms. The second-order valence-electron chi connectivity index (χ2n) is 4.20. The van der Waals surface area contributed by atoms with Crippen molar-refractivity contribution in [1.29, 1.82) is 0 Å².